The van der Waals surface area contributed by atoms with Gasteiger partial charge in [-0.1, -0.05) is 17.7 Å². The number of fused-ring (bicyclic) bond motifs is 1. The molecule has 0 saturated carbocycles. The highest BCUT2D eigenvalue weighted by Gasteiger charge is 2.17. The van der Waals surface area contributed by atoms with Crippen LogP contribution in [-0.4, -0.2) is 28.8 Å². The van der Waals surface area contributed by atoms with Crippen LogP contribution in [0.1, 0.15) is 5.56 Å². The number of nitrogens with zero attached hydrogens (tertiary/aromatic N) is 2. The summed E-state index contributed by atoms with van der Waals surface area (Å²) in [5, 5.41) is 4.43. The quantitative estimate of drug-likeness (QED) is 0.549. The third-order valence-electron chi connectivity index (χ3n) is 4.32. The number of thioether (sulfide) groups is 1. The zero-order valence-electron chi connectivity index (χ0n) is 16.1. The van der Waals surface area contributed by atoms with E-state index in [-0.39, 0.29) is 11.7 Å². The second-order valence-corrected chi connectivity index (χ2v) is 7.93. The van der Waals surface area contributed by atoms with Crippen molar-refractivity contribution in [3.63, 3.8) is 0 Å². The van der Waals surface area contributed by atoms with Gasteiger partial charge in [-0.3, -0.25) is 9.78 Å². The summed E-state index contributed by atoms with van der Waals surface area (Å²) in [6.45, 7) is 0. The molecule has 1 aliphatic rings. The van der Waals surface area contributed by atoms with Gasteiger partial charge >= 0.3 is 0 Å². The molecule has 0 saturated heterocycles. The molecule has 2 aromatic carbocycles. The van der Waals surface area contributed by atoms with Gasteiger partial charge in [0, 0.05) is 23.7 Å². The lowest BCUT2D eigenvalue weighted by atomic mass is 10.2. The van der Waals surface area contributed by atoms with Crippen LogP contribution >= 0.6 is 23.4 Å². The van der Waals surface area contributed by atoms with Gasteiger partial charge in [0.2, 0.25) is 5.91 Å². The maximum Gasteiger partial charge on any atom is 0.234 e. The molecule has 1 aromatic heterocycles. The monoisotopic (exact) mass is 439 g/mol. The lowest BCUT2D eigenvalue weighted by Gasteiger charge is -2.12. The Balaban J connectivity index is 1.35. The molecule has 30 heavy (non-hydrogen) atoms. The number of anilines is 1. The maximum absolute atomic E-state index is 12.4. The van der Waals surface area contributed by atoms with Crippen LogP contribution in [0.5, 0.6) is 17.2 Å². The van der Waals surface area contributed by atoms with E-state index in [0.717, 1.165) is 16.3 Å². The van der Waals surface area contributed by atoms with Crippen molar-refractivity contribution in [1.82, 2.24) is 4.98 Å². The van der Waals surface area contributed by atoms with Crippen molar-refractivity contribution in [2.24, 2.45) is 4.99 Å². The molecule has 0 radical (unpaired) electrons. The van der Waals surface area contributed by atoms with E-state index < -0.39 is 0 Å². The molecule has 4 rings (SSSR count). The van der Waals surface area contributed by atoms with Gasteiger partial charge in [0.15, 0.2) is 0 Å². The number of methoxy groups -OCH3 is 1. The first kappa shape index (κ1) is 20.3. The molecule has 3 aromatic rings. The predicted molar refractivity (Wildman–Crippen MR) is 121 cm³/mol. The van der Waals surface area contributed by atoms with Gasteiger partial charge in [0.05, 0.1) is 35.5 Å². The molecule has 0 bridgehead atoms. The van der Waals surface area contributed by atoms with Gasteiger partial charge in [0.25, 0.3) is 0 Å². The third kappa shape index (κ3) is 4.93. The Labute approximate surface area is 183 Å². The summed E-state index contributed by atoms with van der Waals surface area (Å²) in [6.07, 6.45) is 4.01. The molecule has 1 aliphatic heterocycles. The van der Waals surface area contributed by atoms with Crippen molar-refractivity contribution in [1.29, 1.82) is 0 Å². The number of halogens is 1. The minimum atomic E-state index is -0.143. The van der Waals surface area contributed by atoms with Crippen molar-refractivity contribution >= 4 is 45.7 Å². The molecule has 1 amide bonds. The molecule has 0 unspecified atom stereocenters. The number of rotatable bonds is 6. The van der Waals surface area contributed by atoms with Crippen molar-refractivity contribution < 1.29 is 14.3 Å². The van der Waals surface area contributed by atoms with E-state index in [4.69, 9.17) is 21.1 Å². The van der Waals surface area contributed by atoms with E-state index in [1.807, 2.05) is 24.3 Å². The summed E-state index contributed by atoms with van der Waals surface area (Å²) in [5.41, 5.74) is 2.56. The van der Waals surface area contributed by atoms with Crippen molar-refractivity contribution in [3.8, 4) is 17.2 Å². The van der Waals surface area contributed by atoms with E-state index in [1.54, 1.807) is 43.8 Å². The molecule has 0 atom stereocenters. The Kier molecular flexibility index (Phi) is 6.21. The largest absolute Gasteiger partial charge is 0.494 e. The van der Waals surface area contributed by atoms with E-state index in [0.29, 0.717) is 34.4 Å². The SMILES string of the molecule is COc1cc(Oc2cccnc2)ccc1NC(=O)CSC1=Nc2cc(Cl)ccc2C1. The lowest BCUT2D eigenvalue weighted by Crippen LogP contribution is -2.16. The maximum atomic E-state index is 12.4. The number of pyridine rings is 1. The molecule has 0 fully saturated rings. The first-order valence-corrected chi connectivity index (χ1v) is 10.5. The molecule has 2 heterocycles. The average molecular weight is 440 g/mol. The second kappa shape index (κ2) is 9.19. The van der Waals surface area contributed by atoms with Gasteiger partial charge in [-0.15, -0.1) is 11.8 Å². The number of amides is 1. The van der Waals surface area contributed by atoms with E-state index in [1.165, 1.54) is 11.8 Å². The molecule has 6 nitrogen and oxygen atoms in total. The third-order valence-corrected chi connectivity index (χ3v) is 5.53. The lowest BCUT2D eigenvalue weighted by molar-refractivity contribution is -0.113. The van der Waals surface area contributed by atoms with Crippen LogP contribution in [0.25, 0.3) is 0 Å². The van der Waals surface area contributed by atoms with E-state index in [9.17, 15) is 4.79 Å². The Morgan fingerprint density at radius 1 is 1.20 bits per heavy atom. The van der Waals surface area contributed by atoms with E-state index >= 15 is 0 Å². The van der Waals surface area contributed by atoms with E-state index in [2.05, 4.69) is 15.3 Å². The van der Waals surface area contributed by atoms with Crippen LogP contribution in [0.3, 0.4) is 0 Å². The minimum absolute atomic E-state index is 0.143. The van der Waals surface area contributed by atoms with Crippen LogP contribution in [0.4, 0.5) is 11.4 Å². The van der Waals surface area contributed by atoms with Crippen LogP contribution in [0.15, 0.2) is 65.9 Å². The topological polar surface area (TPSA) is 72.8 Å². The van der Waals surface area contributed by atoms with Gasteiger partial charge in [-0.05, 0) is 42.0 Å². The molecule has 0 aliphatic carbocycles. The van der Waals surface area contributed by atoms with Gasteiger partial charge < -0.3 is 14.8 Å². The first-order chi connectivity index (χ1) is 14.6. The Bertz CT molecular complexity index is 1110. The number of carbonyl (C=O) groups is 1. The second-order valence-electron chi connectivity index (χ2n) is 6.45. The van der Waals surface area contributed by atoms with Crippen LogP contribution < -0.4 is 14.8 Å². The summed E-state index contributed by atoms with van der Waals surface area (Å²) < 4.78 is 11.2. The number of aliphatic imine (C=N–C) groups is 1. The fourth-order valence-corrected chi connectivity index (χ4v) is 3.88. The highest BCUT2D eigenvalue weighted by Crippen LogP contribution is 2.33. The number of carbonyl (C=O) groups excluding carboxylic acids is 1. The number of aromatic nitrogens is 1. The molecular weight excluding hydrogens is 422 g/mol. The number of nitrogens with one attached hydrogen (secondary N) is 1. The highest BCUT2D eigenvalue weighted by atomic mass is 35.5. The molecule has 8 heteroatoms. The first-order valence-electron chi connectivity index (χ1n) is 9.15. The normalized spacial score (nSPS) is 12.1. The Morgan fingerprint density at radius 2 is 2.10 bits per heavy atom. The Morgan fingerprint density at radius 3 is 2.90 bits per heavy atom. The number of ether oxygens (including phenoxy) is 2. The van der Waals surface area contributed by atoms with Gasteiger partial charge in [0.1, 0.15) is 17.2 Å². The van der Waals surface area contributed by atoms with Crippen molar-refractivity contribution in [2.45, 2.75) is 6.42 Å². The predicted octanol–water partition coefficient (Wildman–Crippen LogP) is 5.49. The Hall–Kier alpha value is -3.03. The van der Waals surface area contributed by atoms with Gasteiger partial charge in [-0.25, -0.2) is 4.99 Å². The summed E-state index contributed by atoms with van der Waals surface area (Å²) in [6, 6.07) is 14.5. The van der Waals surface area contributed by atoms with Crippen LogP contribution in [0, 0.1) is 0 Å². The van der Waals surface area contributed by atoms with Crippen molar-refractivity contribution in [2.75, 3.05) is 18.2 Å². The smallest absolute Gasteiger partial charge is 0.234 e. The number of benzene rings is 2. The molecular formula is C22H18ClN3O3S. The van der Waals surface area contributed by atoms with Gasteiger partial charge in [-0.2, -0.15) is 0 Å². The molecule has 0 spiro atoms. The fourth-order valence-electron chi connectivity index (χ4n) is 2.93. The number of hydrogen-bond donors (Lipinski definition) is 1. The zero-order chi connectivity index (χ0) is 20.9. The highest BCUT2D eigenvalue weighted by molar-refractivity contribution is 8.14. The standard InChI is InChI=1S/C22H18ClN3O3S/c1-28-20-11-16(29-17-3-2-8-24-12-17)6-7-18(20)25-21(27)13-30-22-9-14-4-5-15(23)10-19(14)26-22/h2-8,10-12H,9,13H2,1H3,(H,25,27). The average Bonchev–Trinajstić information content (AvgIpc) is 3.16. The van der Waals surface area contributed by atoms with Crippen molar-refractivity contribution in [3.05, 3.63) is 71.5 Å². The minimum Gasteiger partial charge on any atom is -0.494 e. The summed E-state index contributed by atoms with van der Waals surface area (Å²) in [7, 11) is 1.54. The fraction of sp³-hybridized carbons (Fsp3) is 0.136. The van der Waals surface area contributed by atoms with Crippen LogP contribution in [0.2, 0.25) is 5.02 Å². The summed E-state index contributed by atoms with van der Waals surface area (Å²) >= 11 is 7.42. The molecule has 152 valence electrons. The van der Waals surface area contributed by atoms with Crippen LogP contribution in [-0.2, 0) is 11.2 Å². The molecule has 1 N–H and O–H groups in total. The summed E-state index contributed by atoms with van der Waals surface area (Å²) in [4.78, 5) is 21.0. The summed E-state index contributed by atoms with van der Waals surface area (Å²) in [5.74, 6) is 1.82. The zero-order valence-corrected chi connectivity index (χ0v) is 17.7. The number of hydrogen-bond acceptors (Lipinski definition) is 6.